The minimum Gasteiger partial charge on any atom is -0.508 e. The Morgan fingerprint density at radius 3 is 1.00 bits per heavy atom. The highest BCUT2D eigenvalue weighted by atomic mass is 16.3. The van der Waals surface area contributed by atoms with E-state index in [1.807, 2.05) is 13.8 Å². The lowest BCUT2D eigenvalue weighted by atomic mass is 9.88. The first-order chi connectivity index (χ1) is 19.1. The minimum absolute atomic E-state index is 0.00501. The molecule has 0 bridgehead atoms. The normalized spacial score (nSPS) is 24.9. The van der Waals surface area contributed by atoms with Gasteiger partial charge in [-0.3, -0.25) is 19.6 Å². The molecular formula is C30H26N4O6. The summed E-state index contributed by atoms with van der Waals surface area (Å²) in [5.74, 6) is -0.0200. The van der Waals surface area contributed by atoms with Crippen molar-refractivity contribution >= 4 is 33.6 Å². The number of urea groups is 2. The summed E-state index contributed by atoms with van der Waals surface area (Å²) in [7, 11) is 0. The number of aromatic hydroxyl groups is 4. The average Bonchev–Trinajstić information content (AvgIpc) is 3.15. The number of nitrogens with zero attached hydrogens (tertiary/aromatic N) is 4. The van der Waals surface area contributed by atoms with E-state index in [9.17, 15) is 30.0 Å². The van der Waals surface area contributed by atoms with Crippen LogP contribution in [0.2, 0.25) is 0 Å². The van der Waals surface area contributed by atoms with Gasteiger partial charge in [-0.1, -0.05) is 24.3 Å². The van der Waals surface area contributed by atoms with Gasteiger partial charge in [-0.15, -0.1) is 0 Å². The van der Waals surface area contributed by atoms with Crippen LogP contribution in [0.1, 0.15) is 36.1 Å². The molecule has 40 heavy (non-hydrogen) atoms. The molecule has 4 aromatic rings. The summed E-state index contributed by atoms with van der Waals surface area (Å²) >= 11 is 0. The minimum atomic E-state index is -1.23. The lowest BCUT2D eigenvalue weighted by Crippen LogP contribution is -2.64. The molecule has 2 saturated heterocycles. The van der Waals surface area contributed by atoms with Gasteiger partial charge >= 0.3 is 12.1 Å². The molecule has 0 radical (unpaired) electrons. The summed E-state index contributed by atoms with van der Waals surface area (Å²) in [5, 5.41) is 46.8. The van der Waals surface area contributed by atoms with Crippen LogP contribution in [0.3, 0.4) is 0 Å². The lowest BCUT2D eigenvalue weighted by Gasteiger charge is -2.47. The first-order valence-corrected chi connectivity index (χ1v) is 13.2. The topological polar surface area (TPSA) is 128 Å². The van der Waals surface area contributed by atoms with Crippen LogP contribution in [-0.4, -0.2) is 63.4 Å². The monoisotopic (exact) mass is 538 g/mol. The van der Waals surface area contributed by atoms with Gasteiger partial charge in [0, 0.05) is 22.3 Å². The molecule has 0 aromatic heterocycles. The van der Waals surface area contributed by atoms with Crippen LogP contribution >= 0.6 is 0 Å². The van der Waals surface area contributed by atoms with Crippen molar-refractivity contribution in [2.45, 2.75) is 51.4 Å². The van der Waals surface area contributed by atoms with Gasteiger partial charge in [0.15, 0.2) is 11.3 Å². The zero-order chi connectivity index (χ0) is 27.9. The van der Waals surface area contributed by atoms with Crippen molar-refractivity contribution in [3.8, 4) is 23.0 Å². The molecule has 4 aromatic carbocycles. The van der Waals surface area contributed by atoms with E-state index in [0.29, 0.717) is 33.0 Å². The van der Waals surface area contributed by atoms with Crippen molar-refractivity contribution in [3.05, 3.63) is 70.8 Å². The van der Waals surface area contributed by atoms with Gasteiger partial charge in [-0.05, 0) is 59.7 Å². The summed E-state index contributed by atoms with van der Waals surface area (Å²) in [5.41, 5.74) is -0.494. The second-order valence-electron chi connectivity index (χ2n) is 11.4. The van der Waals surface area contributed by atoms with Crippen molar-refractivity contribution in [2.24, 2.45) is 0 Å². The Kier molecular flexibility index (Phi) is 4.04. The van der Waals surface area contributed by atoms with Crippen LogP contribution in [0.15, 0.2) is 48.5 Å². The number of phenolic OH excluding ortho intramolecular Hbond substituents is 4. The number of carbonyl (C=O) groups excluding carboxylic acids is 2. The van der Waals surface area contributed by atoms with E-state index in [1.165, 1.54) is 0 Å². The van der Waals surface area contributed by atoms with Crippen molar-refractivity contribution in [1.29, 1.82) is 0 Å². The SMILES string of the molecule is CC12N3Cc4c(O)ccc5ccc(O)c(c45)CN1C(=O)N1Cc4c(O)ccc5ccc(O)c(c45)CN(C3=O)C12C. The molecular weight excluding hydrogens is 512 g/mol. The first kappa shape index (κ1) is 23.1. The maximum Gasteiger partial charge on any atom is 0.324 e. The number of hydrogen-bond acceptors (Lipinski definition) is 6. The molecule has 10 nitrogen and oxygen atoms in total. The van der Waals surface area contributed by atoms with E-state index >= 15 is 0 Å². The average molecular weight is 539 g/mol. The molecule has 4 N–H and O–H groups in total. The quantitative estimate of drug-likeness (QED) is 0.262. The Morgan fingerprint density at radius 2 is 0.750 bits per heavy atom. The van der Waals surface area contributed by atoms with Crippen LogP contribution in [0.4, 0.5) is 9.59 Å². The fourth-order valence-corrected chi connectivity index (χ4v) is 7.60. The predicted molar refractivity (Wildman–Crippen MR) is 144 cm³/mol. The van der Waals surface area contributed by atoms with Crippen molar-refractivity contribution in [1.82, 2.24) is 19.6 Å². The Hall–Kier alpha value is -4.86. The molecule has 4 aliphatic heterocycles. The summed E-state index contributed by atoms with van der Waals surface area (Å²) in [6.45, 7) is 3.64. The third-order valence-corrected chi connectivity index (χ3v) is 9.89. The smallest absolute Gasteiger partial charge is 0.324 e. The van der Waals surface area contributed by atoms with Gasteiger partial charge in [0.1, 0.15) is 23.0 Å². The number of benzene rings is 4. The Bertz CT molecular complexity index is 1620. The summed E-state index contributed by atoms with van der Waals surface area (Å²) in [6.07, 6.45) is 0. The fourth-order valence-electron chi connectivity index (χ4n) is 7.60. The lowest BCUT2D eigenvalue weighted by molar-refractivity contribution is -0.0505. The highest BCUT2D eigenvalue weighted by molar-refractivity contribution is 5.97. The van der Waals surface area contributed by atoms with Crippen LogP contribution in [0.25, 0.3) is 21.5 Å². The fraction of sp³-hybridized carbons (Fsp3) is 0.267. The van der Waals surface area contributed by atoms with Gasteiger partial charge in [0.05, 0.1) is 26.2 Å². The second-order valence-corrected chi connectivity index (χ2v) is 11.4. The highest BCUT2D eigenvalue weighted by Crippen LogP contribution is 2.57. The summed E-state index contributed by atoms with van der Waals surface area (Å²) in [6, 6.07) is 12.6. The van der Waals surface area contributed by atoms with E-state index in [2.05, 4.69) is 0 Å². The first-order valence-electron chi connectivity index (χ1n) is 13.2. The zero-order valence-electron chi connectivity index (χ0n) is 21.8. The van der Waals surface area contributed by atoms with E-state index in [0.717, 1.165) is 10.8 Å². The number of hydrogen-bond donors (Lipinski definition) is 4. The summed E-state index contributed by atoms with van der Waals surface area (Å²) in [4.78, 5) is 35.3. The molecule has 4 aliphatic rings. The van der Waals surface area contributed by atoms with Crippen molar-refractivity contribution < 1.29 is 30.0 Å². The van der Waals surface area contributed by atoms with E-state index < -0.39 is 11.3 Å². The van der Waals surface area contributed by atoms with E-state index in [1.54, 1.807) is 68.1 Å². The maximum atomic E-state index is 14.4. The van der Waals surface area contributed by atoms with Gasteiger partial charge < -0.3 is 20.4 Å². The van der Waals surface area contributed by atoms with Gasteiger partial charge in [-0.2, -0.15) is 0 Å². The number of carbonyl (C=O) groups is 2. The standard InChI is InChI=1S/C30H26N4O6/c1-29-30(2)33-13-19-23(37)9-5-16-6-10-24(38)20(26(16)19)14-34(30)28(40)32(29)12-18-22(36)8-4-15-3-7-21(35)17(25(15)18)11-31(29)27(33)39/h3-10,35-38H,11-14H2,1-2H3. The van der Waals surface area contributed by atoms with E-state index in [-0.39, 0.29) is 61.2 Å². The van der Waals surface area contributed by atoms with Crippen LogP contribution in [0, 0.1) is 0 Å². The van der Waals surface area contributed by atoms with E-state index in [4.69, 9.17) is 0 Å². The third kappa shape index (κ3) is 2.37. The molecule has 0 unspecified atom stereocenters. The Balaban J connectivity index is 1.43. The van der Waals surface area contributed by atoms with Gasteiger partial charge in [0.25, 0.3) is 0 Å². The van der Waals surface area contributed by atoms with Gasteiger partial charge in [0.2, 0.25) is 0 Å². The van der Waals surface area contributed by atoms with Crippen molar-refractivity contribution in [3.63, 3.8) is 0 Å². The van der Waals surface area contributed by atoms with Crippen LogP contribution < -0.4 is 0 Å². The third-order valence-electron chi connectivity index (χ3n) is 9.89. The maximum absolute atomic E-state index is 14.4. The molecule has 0 aliphatic carbocycles. The second kappa shape index (κ2) is 7.01. The predicted octanol–water partition coefficient (Wildman–Crippen LogP) is 4.45. The van der Waals surface area contributed by atoms with Gasteiger partial charge in [-0.25, -0.2) is 9.59 Å². The molecule has 2 fully saturated rings. The largest absolute Gasteiger partial charge is 0.508 e. The number of rotatable bonds is 0. The summed E-state index contributed by atoms with van der Waals surface area (Å²) < 4.78 is 0. The zero-order valence-corrected chi connectivity index (χ0v) is 21.8. The molecule has 8 rings (SSSR count). The highest BCUT2D eigenvalue weighted by Gasteiger charge is 2.74. The van der Waals surface area contributed by atoms with Crippen molar-refractivity contribution in [2.75, 3.05) is 0 Å². The molecule has 0 spiro atoms. The number of phenols is 4. The molecule has 0 saturated carbocycles. The molecule has 4 amide bonds. The van der Waals surface area contributed by atoms with Crippen LogP contribution in [0.5, 0.6) is 23.0 Å². The molecule has 10 heteroatoms. The Labute approximate surface area is 228 Å². The molecule has 0 atom stereocenters. The molecule has 4 heterocycles. The molecule has 202 valence electrons. The Morgan fingerprint density at radius 1 is 0.500 bits per heavy atom. The number of amides is 4. The van der Waals surface area contributed by atoms with Crippen LogP contribution in [-0.2, 0) is 26.2 Å².